The molecule has 3 aromatic rings. The fraction of sp³-hybridized carbons (Fsp3) is 0.263. The molecule has 0 N–H and O–H groups in total. The van der Waals surface area contributed by atoms with E-state index in [4.69, 9.17) is 14.2 Å². The van der Waals surface area contributed by atoms with Crippen LogP contribution in [0.1, 0.15) is 25.4 Å². The molecule has 0 aliphatic carbocycles. The third-order valence-electron chi connectivity index (χ3n) is 3.90. The molecule has 1 heterocycles. The van der Waals surface area contributed by atoms with Gasteiger partial charge in [-0.05, 0) is 31.2 Å². The van der Waals surface area contributed by atoms with E-state index < -0.39 is 18.6 Å². The van der Waals surface area contributed by atoms with Gasteiger partial charge < -0.3 is 14.2 Å². The van der Waals surface area contributed by atoms with E-state index in [2.05, 4.69) is 4.98 Å². The molecule has 3 rings (SSSR count). The first kappa shape index (κ1) is 18.6. The molecule has 0 aliphatic rings. The van der Waals surface area contributed by atoms with Gasteiger partial charge in [0, 0.05) is 0 Å². The van der Waals surface area contributed by atoms with Gasteiger partial charge in [0.05, 0.1) is 18.1 Å². The van der Waals surface area contributed by atoms with Crippen molar-refractivity contribution in [2.24, 2.45) is 0 Å². The lowest BCUT2D eigenvalue weighted by molar-refractivity contribution is -0.151. The maximum Gasteiger partial charge on any atom is 0.344 e. The zero-order chi connectivity index (χ0) is 19.4. The van der Waals surface area contributed by atoms with Gasteiger partial charge in [-0.25, -0.2) is 9.78 Å². The highest BCUT2D eigenvalue weighted by atomic mass is 19.3. The molecule has 0 bridgehead atoms. The van der Waals surface area contributed by atoms with Crippen LogP contribution in [0.4, 0.5) is 8.78 Å². The number of hydrogen-bond donors (Lipinski definition) is 0. The molecule has 2 aromatic carbocycles. The second-order valence-electron chi connectivity index (χ2n) is 5.68. The highest BCUT2D eigenvalue weighted by Gasteiger charge is 2.24. The fourth-order valence-electron chi connectivity index (χ4n) is 2.71. The van der Waals surface area contributed by atoms with Gasteiger partial charge in [-0.1, -0.05) is 24.3 Å². The Morgan fingerprint density at radius 3 is 2.48 bits per heavy atom. The van der Waals surface area contributed by atoms with Gasteiger partial charge in [0.25, 0.3) is 0 Å². The lowest BCUT2D eigenvalue weighted by atomic mass is 10.3. The van der Waals surface area contributed by atoms with E-state index in [9.17, 15) is 13.6 Å². The molecule has 1 unspecified atom stereocenters. The Morgan fingerprint density at radius 1 is 1.11 bits per heavy atom. The van der Waals surface area contributed by atoms with Crippen LogP contribution in [0.15, 0.2) is 48.5 Å². The zero-order valence-electron chi connectivity index (χ0n) is 14.8. The fourth-order valence-corrected chi connectivity index (χ4v) is 2.71. The van der Waals surface area contributed by atoms with Crippen LogP contribution in [0, 0.1) is 0 Å². The van der Waals surface area contributed by atoms with Crippen LogP contribution < -0.4 is 9.47 Å². The highest BCUT2D eigenvalue weighted by Crippen LogP contribution is 2.29. The summed E-state index contributed by atoms with van der Waals surface area (Å²) in [5, 5.41) is 0. The molecule has 1 atom stereocenters. The number of aromatic nitrogens is 2. The van der Waals surface area contributed by atoms with E-state index in [0.717, 1.165) is 4.57 Å². The number of carbonyl (C=O) groups excluding carboxylic acids is 1. The van der Waals surface area contributed by atoms with Gasteiger partial charge in [0.15, 0.2) is 30.0 Å². The molecule has 6 nitrogen and oxygen atoms in total. The largest absolute Gasteiger partial charge is 0.493 e. The Bertz CT molecular complexity index is 942. The number of methoxy groups -OCH3 is 1. The van der Waals surface area contributed by atoms with Gasteiger partial charge in [0.2, 0.25) is 0 Å². The minimum atomic E-state index is -2.81. The average Bonchev–Trinajstić information content (AvgIpc) is 3.06. The number of benzene rings is 2. The highest BCUT2D eigenvalue weighted by molar-refractivity contribution is 5.76. The Kier molecular flexibility index (Phi) is 5.54. The predicted octanol–water partition coefficient (Wildman–Crippen LogP) is 4.12. The Hall–Kier alpha value is -3.16. The van der Waals surface area contributed by atoms with E-state index in [1.807, 2.05) is 0 Å². The average molecular weight is 376 g/mol. The van der Waals surface area contributed by atoms with Gasteiger partial charge in [0.1, 0.15) is 0 Å². The molecular formula is C19H18F2N2O4. The first-order valence-corrected chi connectivity index (χ1v) is 8.21. The van der Waals surface area contributed by atoms with E-state index in [1.54, 1.807) is 42.5 Å². The molecule has 0 spiro atoms. The van der Waals surface area contributed by atoms with E-state index in [0.29, 0.717) is 17.0 Å². The second-order valence-corrected chi connectivity index (χ2v) is 5.68. The van der Waals surface area contributed by atoms with Crippen molar-refractivity contribution in [1.82, 2.24) is 9.55 Å². The molecule has 8 heteroatoms. The first-order valence-electron chi connectivity index (χ1n) is 8.21. The standard InChI is InChI=1S/C19H18F2N2O4/c1-12(18-22-13-7-3-4-8-14(13)23(18)19(20)21)27-17(24)11-26-16-10-6-5-9-15(16)25-2/h3-10,12,19H,11H2,1-2H3. The number of carbonyl (C=O) groups is 1. The number of nitrogens with zero attached hydrogens (tertiary/aromatic N) is 2. The summed E-state index contributed by atoms with van der Waals surface area (Å²) in [6.07, 6.45) is -0.972. The van der Waals surface area contributed by atoms with Crippen molar-refractivity contribution in [3.05, 3.63) is 54.4 Å². The number of ether oxygens (including phenoxy) is 3. The van der Waals surface area contributed by atoms with Crippen molar-refractivity contribution in [2.45, 2.75) is 19.6 Å². The Morgan fingerprint density at radius 2 is 1.78 bits per heavy atom. The molecule has 27 heavy (non-hydrogen) atoms. The molecule has 142 valence electrons. The van der Waals surface area contributed by atoms with Crippen molar-refractivity contribution in [3.63, 3.8) is 0 Å². The summed E-state index contributed by atoms with van der Waals surface area (Å²) in [6.45, 7) is -1.71. The van der Waals surface area contributed by atoms with Gasteiger partial charge in [-0.2, -0.15) is 8.78 Å². The minimum Gasteiger partial charge on any atom is -0.493 e. The molecule has 0 amide bonds. The normalized spacial score (nSPS) is 12.2. The smallest absolute Gasteiger partial charge is 0.344 e. The predicted molar refractivity (Wildman–Crippen MR) is 94.0 cm³/mol. The van der Waals surface area contributed by atoms with Crippen LogP contribution in [0.2, 0.25) is 0 Å². The summed E-state index contributed by atoms with van der Waals surface area (Å²) in [6, 6.07) is 13.3. The Labute approximate surface area is 154 Å². The number of imidazole rings is 1. The number of fused-ring (bicyclic) bond motifs is 1. The molecule has 0 saturated carbocycles. The van der Waals surface area contributed by atoms with E-state index in [-0.39, 0.29) is 17.9 Å². The topological polar surface area (TPSA) is 62.6 Å². The van der Waals surface area contributed by atoms with Crippen molar-refractivity contribution in [1.29, 1.82) is 0 Å². The van der Waals surface area contributed by atoms with E-state index in [1.165, 1.54) is 20.1 Å². The number of para-hydroxylation sites is 4. The third-order valence-corrected chi connectivity index (χ3v) is 3.90. The molecule has 0 fully saturated rings. The van der Waals surface area contributed by atoms with Crippen LogP contribution >= 0.6 is 0 Å². The van der Waals surface area contributed by atoms with Crippen molar-refractivity contribution >= 4 is 17.0 Å². The second kappa shape index (κ2) is 8.03. The molecule has 0 saturated heterocycles. The van der Waals surface area contributed by atoms with Crippen LogP contribution in [0.3, 0.4) is 0 Å². The first-order chi connectivity index (χ1) is 13.0. The van der Waals surface area contributed by atoms with Crippen molar-refractivity contribution < 1.29 is 27.8 Å². The lowest BCUT2D eigenvalue weighted by Gasteiger charge is -2.16. The summed E-state index contributed by atoms with van der Waals surface area (Å²) >= 11 is 0. The number of halogens is 2. The van der Waals surface area contributed by atoms with Crippen LogP contribution in [-0.4, -0.2) is 29.2 Å². The zero-order valence-corrected chi connectivity index (χ0v) is 14.8. The Balaban J connectivity index is 1.71. The van der Waals surface area contributed by atoms with E-state index >= 15 is 0 Å². The SMILES string of the molecule is COc1ccccc1OCC(=O)OC(C)c1nc2ccccc2n1C(F)F. The molecule has 0 radical (unpaired) electrons. The maximum atomic E-state index is 13.5. The summed E-state index contributed by atoms with van der Waals surface area (Å²) in [5.74, 6) is 0.111. The van der Waals surface area contributed by atoms with Crippen LogP contribution in [0.5, 0.6) is 11.5 Å². The van der Waals surface area contributed by atoms with Gasteiger partial charge >= 0.3 is 12.5 Å². The summed E-state index contributed by atoms with van der Waals surface area (Å²) in [4.78, 5) is 16.3. The third kappa shape index (κ3) is 3.99. The lowest BCUT2D eigenvalue weighted by Crippen LogP contribution is -2.19. The maximum absolute atomic E-state index is 13.5. The van der Waals surface area contributed by atoms with Crippen molar-refractivity contribution in [3.8, 4) is 11.5 Å². The summed E-state index contributed by atoms with van der Waals surface area (Å²) in [7, 11) is 1.48. The number of hydrogen-bond acceptors (Lipinski definition) is 5. The summed E-state index contributed by atoms with van der Waals surface area (Å²) < 4.78 is 43.5. The number of esters is 1. The van der Waals surface area contributed by atoms with Crippen molar-refractivity contribution in [2.75, 3.05) is 13.7 Å². The molecular weight excluding hydrogens is 358 g/mol. The number of rotatable bonds is 7. The molecule has 0 aliphatic heterocycles. The summed E-state index contributed by atoms with van der Waals surface area (Å²) in [5.41, 5.74) is 0.677. The minimum absolute atomic E-state index is 0.0307. The van der Waals surface area contributed by atoms with Gasteiger partial charge in [-0.3, -0.25) is 4.57 Å². The van der Waals surface area contributed by atoms with Crippen LogP contribution in [-0.2, 0) is 9.53 Å². The quantitative estimate of drug-likeness (QED) is 0.581. The number of alkyl halides is 2. The van der Waals surface area contributed by atoms with Crippen LogP contribution in [0.25, 0.3) is 11.0 Å². The van der Waals surface area contributed by atoms with Gasteiger partial charge in [-0.15, -0.1) is 0 Å². The monoisotopic (exact) mass is 376 g/mol. The molecule has 1 aromatic heterocycles.